The first kappa shape index (κ1) is 39.3. The predicted molar refractivity (Wildman–Crippen MR) is 308 cm³/mol. The first-order valence-electron chi connectivity index (χ1n) is 29.2. The summed E-state index contributed by atoms with van der Waals surface area (Å²) in [6.07, 6.45) is 6.21. The second-order valence-corrected chi connectivity index (χ2v) is 19.5. The Balaban J connectivity index is 0.00000672. The van der Waals surface area contributed by atoms with Gasteiger partial charge in [0.05, 0.1) is 38.7 Å². The van der Waals surface area contributed by atoms with Gasteiger partial charge in [0.2, 0.25) is 0 Å². The van der Waals surface area contributed by atoms with Crippen LogP contribution < -0.4 is 9.30 Å². The Labute approximate surface area is 472 Å². The van der Waals surface area contributed by atoms with Crippen LogP contribution in [-0.2, 0) is 32.9 Å². The van der Waals surface area contributed by atoms with Crippen LogP contribution in [0.25, 0.3) is 99.8 Å². The van der Waals surface area contributed by atoms with E-state index < -0.39 is 48.3 Å². The number of hydrogen-bond acceptors (Lipinski definition) is 2. The first-order valence-corrected chi connectivity index (χ1v) is 25.2. The molecule has 10 aromatic carbocycles. The molecule has 0 N–H and O–H groups in total. The molecular formula is C70H49N5OPt-2. The van der Waals surface area contributed by atoms with Crippen molar-refractivity contribution in [2.24, 2.45) is 0 Å². The molecule has 0 unspecified atom stereocenters. The minimum atomic E-state index is -0.529. The van der Waals surface area contributed by atoms with Crippen molar-refractivity contribution in [3.05, 3.63) is 278 Å². The van der Waals surface area contributed by atoms with Gasteiger partial charge >= 0.3 is 0 Å². The Morgan fingerprint density at radius 1 is 0.558 bits per heavy atom. The summed E-state index contributed by atoms with van der Waals surface area (Å²) in [5.41, 5.74) is 10.9. The number of pyridine rings is 1. The number of hydrogen-bond donors (Lipinski definition) is 0. The summed E-state index contributed by atoms with van der Waals surface area (Å²) in [6, 6.07) is 68.0. The van der Waals surface area contributed by atoms with Crippen LogP contribution >= 0.6 is 0 Å². The molecule has 6 nitrogen and oxygen atoms in total. The summed E-state index contributed by atoms with van der Waals surface area (Å²) in [7, 11) is 0. The van der Waals surface area contributed by atoms with Crippen LogP contribution in [0.2, 0.25) is 0 Å². The number of imidazole rings is 1. The molecule has 0 aliphatic heterocycles. The predicted octanol–water partition coefficient (Wildman–Crippen LogP) is 16.5. The van der Waals surface area contributed by atoms with Crippen molar-refractivity contribution in [2.45, 2.75) is 25.7 Å². The Bertz CT molecular complexity index is 4850. The van der Waals surface area contributed by atoms with E-state index in [0.717, 1.165) is 55.4 Å². The van der Waals surface area contributed by atoms with Crippen molar-refractivity contribution in [3.63, 3.8) is 0 Å². The van der Waals surface area contributed by atoms with Crippen molar-refractivity contribution >= 4 is 54.6 Å². The summed E-state index contributed by atoms with van der Waals surface area (Å²) in [4.78, 5) is 5.00. The third-order valence-corrected chi connectivity index (χ3v) is 14.4. The van der Waals surface area contributed by atoms with Crippen LogP contribution in [0.3, 0.4) is 0 Å². The Morgan fingerprint density at radius 2 is 1.17 bits per heavy atom. The van der Waals surface area contributed by atoms with Crippen LogP contribution in [-0.4, -0.2) is 18.7 Å². The molecule has 372 valence electrons. The number of para-hydroxylation sites is 6. The van der Waals surface area contributed by atoms with Crippen molar-refractivity contribution in [3.8, 4) is 56.6 Å². The van der Waals surface area contributed by atoms with Gasteiger partial charge < -0.3 is 18.4 Å². The smallest absolute Gasteiger partial charge is 0.268 e. The fraction of sp³-hybridized carbons (Fsp3) is 0.0571. The fourth-order valence-corrected chi connectivity index (χ4v) is 10.9. The molecule has 4 heterocycles. The van der Waals surface area contributed by atoms with E-state index >= 15 is 0 Å². The number of benzene rings is 10. The van der Waals surface area contributed by atoms with Gasteiger partial charge in [-0.2, -0.15) is 12.1 Å². The molecule has 0 radical (unpaired) electrons. The van der Waals surface area contributed by atoms with Crippen LogP contribution in [0, 0.1) is 18.5 Å². The molecule has 0 fully saturated rings. The summed E-state index contributed by atoms with van der Waals surface area (Å²) in [5, 5.41) is 1.21. The maximum atomic E-state index is 9.53. The molecule has 0 atom stereocenters. The Morgan fingerprint density at radius 3 is 1.87 bits per heavy atom. The number of nitrogens with zero attached hydrogens (tertiary/aromatic N) is 5. The molecule has 0 spiro atoms. The van der Waals surface area contributed by atoms with Gasteiger partial charge in [-0.05, 0) is 92.3 Å². The summed E-state index contributed by atoms with van der Waals surface area (Å²) < 4.78 is 87.9. The molecule has 14 rings (SSSR count). The molecule has 14 aromatic rings. The summed E-state index contributed by atoms with van der Waals surface area (Å²) in [6.45, 7) is 4.44. The van der Waals surface area contributed by atoms with Gasteiger partial charge in [0.1, 0.15) is 5.82 Å². The van der Waals surface area contributed by atoms with Crippen LogP contribution in [0.15, 0.2) is 249 Å². The molecule has 7 heteroatoms. The van der Waals surface area contributed by atoms with Crippen molar-refractivity contribution in [2.75, 3.05) is 0 Å². The van der Waals surface area contributed by atoms with E-state index in [1.54, 1.807) is 22.9 Å². The normalized spacial score (nSPS) is 13.2. The Kier molecular flexibility index (Phi) is 9.99. The van der Waals surface area contributed by atoms with Gasteiger partial charge in [-0.3, -0.25) is 4.57 Å². The average molecular weight is 1180 g/mol. The zero-order chi connectivity index (χ0) is 57.7. The zero-order valence-corrected chi connectivity index (χ0v) is 44.0. The quantitative estimate of drug-likeness (QED) is 0.0956. The van der Waals surface area contributed by atoms with Gasteiger partial charge in [-0.25, -0.2) is 4.98 Å². The average Bonchev–Trinajstić information content (AvgIpc) is 1.68. The topological polar surface area (TPSA) is 40.8 Å². The van der Waals surface area contributed by atoms with Crippen molar-refractivity contribution < 1.29 is 41.3 Å². The zero-order valence-electron chi connectivity index (χ0n) is 49.7. The second kappa shape index (κ2) is 19.6. The SMILES string of the molecule is [2H]c1c([2H])c([2H])c2c(c1[2H])c1c([2H])c([2H])c([2H])c([2H])c1n2-c1cc(Oc2[c-]c(-n3[c-][n+](-c4c(-c5ccccc5)cccc4-c4ccccc4)c4ccccc43)ccc2)[c-]c2c1c1ccccc1n2-c1cc(CC(C)(C)c2ccccc2)ccn1.[Pt]. The molecule has 0 bridgehead atoms. The van der Waals surface area contributed by atoms with E-state index in [2.05, 4.69) is 104 Å². The molecule has 0 saturated carbocycles. The molecule has 77 heavy (non-hydrogen) atoms. The van der Waals surface area contributed by atoms with Crippen LogP contribution in [0.5, 0.6) is 11.5 Å². The van der Waals surface area contributed by atoms with Crippen LogP contribution in [0.1, 0.15) is 35.9 Å². The molecule has 4 aromatic heterocycles. The van der Waals surface area contributed by atoms with Crippen molar-refractivity contribution in [1.82, 2.24) is 18.7 Å². The maximum absolute atomic E-state index is 9.53. The largest absolute Gasteiger partial charge is 0.510 e. The van der Waals surface area contributed by atoms with E-state index in [1.165, 1.54) is 5.56 Å². The maximum Gasteiger partial charge on any atom is 0.268 e. The standard InChI is InChI=1S/C70H49N5O.Pt/c1-70(2,51-26-10-5-11-27-51)46-48-40-41-71-67(42-48)75-62-37-17-14-32-59(62)68-65(74-60-35-15-12-30-57(60)58-31-13-16-36-61(58)74)44-54(45-66(68)75)76-53-29-20-28-52(43-53)72-47-73(64-39-19-18-38-63(64)72)69-55(49-22-6-3-7-23-49)33-21-34-56(69)50-24-8-4-9-25-50;/h3-42,44H,46H2,1-2H3;/q-2;/i12D,13D,15D,16D,30D,31D,35D,36D;. The van der Waals surface area contributed by atoms with Crippen molar-refractivity contribution in [1.29, 1.82) is 0 Å². The van der Waals surface area contributed by atoms with E-state index in [4.69, 9.17) is 15.2 Å². The van der Waals surface area contributed by atoms with Gasteiger partial charge in [0, 0.05) is 55.1 Å². The van der Waals surface area contributed by atoms with E-state index in [-0.39, 0.29) is 54.0 Å². The van der Waals surface area contributed by atoms with Gasteiger partial charge in [-0.1, -0.05) is 213 Å². The number of ether oxygens (including phenoxy) is 1. The van der Waals surface area contributed by atoms with Gasteiger partial charge in [-0.15, -0.1) is 24.3 Å². The Hall–Kier alpha value is -9.09. The number of rotatable bonds is 11. The summed E-state index contributed by atoms with van der Waals surface area (Å²) >= 11 is 0. The molecule has 0 amide bonds. The molecule has 0 saturated heterocycles. The van der Waals surface area contributed by atoms with Gasteiger partial charge in [0.25, 0.3) is 6.33 Å². The number of fused-ring (bicyclic) bond motifs is 7. The van der Waals surface area contributed by atoms with Crippen LogP contribution in [0.4, 0.5) is 0 Å². The minimum Gasteiger partial charge on any atom is -0.510 e. The monoisotopic (exact) mass is 1180 g/mol. The van der Waals surface area contributed by atoms with E-state index in [0.29, 0.717) is 40.3 Å². The molecular weight excluding hydrogens is 1120 g/mol. The number of aromatic nitrogens is 5. The van der Waals surface area contributed by atoms with Gasteiger partial charge in [0.15, 0.2) is 0 Å². The minimum absolute atomic E-state index is 0. The fourth-order valence-electron chi connectivity index (χ4n) is 10.9. The summed E-state index contributed by atoms with van der Waals surface area (Å²) in [5.74, 6) is 1.06. The van der Waals surface area contributed by atoms with E-state index in [9.17, 15) is 5.48 Å². The third kappa shape index (κ3) is 8.33. The molecule has 0 aliphatic carbocycles. The molecule has 0 aliphatic rings. The second-order valence-electron chi connectivity index (χ2n) is 19.5. The van der Waals surface area contributed by atoms with E-state index in [1.807, 2.05) is 124 Å². The third-order valence-electron chi connectivity index (χ3n) is 14.4. The first-order chi connectivity index (χ1) is 40.8.